The van der Waals surface area contributed by atoms with Crippen LogP contribution < -0.4 is 10.3 Å². The lowest BCUT2D eigenvalue weighted by Crippen LogP contribution is -2.66. The fourth-order valence-corrected chi connectivity index (χ4v) is 7.97. The molecule has 3 heterocycles. The molecule has 0 bridgehead atoms. The van der Waals surface area contributed by atoms with Gasteiger partial charge in [0.25, 0.3) is 5.91 Å². The Kier molecular flexibility index (Phi) is 10.5. The zero-order chi connectivity index (χ0) is 36.4. The number of ketones is 1. The van der Waals surface area contributed by atoms with Crippen LogP contribution in [0.1, 0.15) is 60.8 Å². The number of thioether (sulfide) groups is 2. The van der Waals surface area contributed by atoms with E-state index < -0.39 is 40.0 Å². The molecule has 0 spiro atoms. The standard InChI is InChI=1S/C38H38N4O7S2/c1-22-27(30(43)38(2,3)4)42-33(45)29(47-6)34(42)51-36(22)49-35(46)26-19-17-23(18-20-26)21-50-37-39-31(44)32(40-41(37)5)48-28(24-13-9-7-10-14-24)25-15-11-8-12-16-25/h7-20,28-29,34,36H,21H2,1-6H3/t29-,34-,36?/m0/s1. The number of hydrogen-bond acceptors (Lipinski definition) is 11. The van der Waals surface area contributed by atoms with Crippen LogP contribution in [-0.2, 0) is 31.9 Å². The van der Waals surface area contributed by atoms with Crippen molar-refractivity contribution in [1.82, 2.24) is 19.7 Å². The highest BCUT2D eigenvalue weighted by molar-refractivity contribution is 8.00. The molecule has 2 aliphatic heterocycles. The third kappa shape index (κ3) is 7.51. The molecule has 0 aliphatic carbocycles. The van der Waals surface area contributed by atoms with Crippen LogP contribution >= 0.6 is 23.5 Å². The van der Waals surface area contributed by atoms with Crippen LogP contribution in [0.25, 0.3) is 0 Å². The van der Waals surface area contributed by atoms with Crippen molar-refractivity contribution in [2.75, 3.05) is 7.11 Å². The van der Waals surface area contributed by atoms with E-state index in [4.69, 9.17) is 14.2 Å². The van der Waals surface area contributed by atoms with E-state index in [9.17, 15) is 19.2 Å². The Morgan fingerprint density at radius 1 is 0.941 bits per heavy atom. The van der Waals surface area contributed by atoms with E-state index in [1.54, 1.807) is 59.0 Å². The van der Waals surface area contributed by atoms with Crippen molar-refractivity contribution in [3.63, 3.8) is 0 Å². The summed E-state index contributed by atoms with van der Waals surface area (Å²) in [5.74, 6) is -0.696. The first-order chi connectivity index (χ1) is 24.4. The molecule has 4 aromatic rings. The first-order valence-corrected chi connectivity index (χ1v) is 18.2. The molecule has 11 nitrogen and oxygen atoms in total. The predicted molar refractivity (Wildman–Crippen MR) is 194 cm³/mol. The number of carbonyl (C=O) groups excluding carboxylic acids is 3. The number of fused-ring (bicyclic) bond motifs is 1. The maximum atomic E-state index is 13.4. The van der Waals surface area contributed by atoms with Gasteiger partial charge in [-0.2, -0.15) is 4.98 Å². The number of aromatic nitrogens is 3. The molecule has 51 heavy (non-hydrogen) atoms. The monoisotopic (exact) mass is 726 g/mol. The topological polar surface area (TPSA) is 130 Å². The molecule has 1 saturated heterocycles. The fraction of sp³-hybridized carbons (Fsp3) is 0.316. The summed E-state index contributed by atoms with van der Waals surface area (Å²) in [7, 11) is 3.15. The largest absolute Gasteiger partial charge is 0.460 e. The number of amides is 1. The summed E-state index contributed by atoms with van der Waals surface area (Å²) in [6, 6.07) is 26.2. The Hall–Kier alpha value is -4.72. The zero-order valence-electron chi connectivity index (χ0n) is 29.1. The summed E-state index contributed by atoms with van der Waals surface area (Å²) in [5, 5.41) is 4.34. The average Bonchev–Trinajstić information content (AvgIpc) is 3.12. The SMILES string of the molecule is CO[C@H]1C(=O)N2C(C(=O)C(C)(C)C)=C(C)C(OC(=O)c3ccc(CSc4nc(=O)c(OC(c5ccccc5)c5ccccc5)nn4C)cc3)S[C@@H]12. The summed E-state index contributed by atoms with van der Waals surface area (Å²) in [5.41, 5.74) is 1.65. The lowest BCUT2D eigenvalue weighted by molar-refractivity contribution is -0.160. The zero-order valence-corrected chi connectivity index (χ0v) is 30.7. The second kappa shape index (κ2) is 14.9. The number of aryl methyl sites for hydroxylation is 1. The number of nitrogens with zero attached hydrogens (tertiary/aromatic N) is 4. The van der Waals surface area contributed by atoms with Crippen LogP contribution in [0.2, 0.25) is 0 Å². The van der Waals surface area contributed by atoms with Crippen LogP contribution in [0.3, 0.4) is 0 Å². The number of methoxy groups -OCH3 is 1. The Morgan fingerprint density at radius 3 is 2.12 bits per heavy atom. The van der Waals surface area contributed by atoms with E-state index in [0.717, 1.165) is 16.7 Å². The number of ether oxygens (including phenoxy) is 3. The van der Waals surface area contributed by atoms with Crippen molar-refractivity contribution in [2.24, 2.45) is 12.5 Å². The number of carbonyl (C=O) groups is 3. The molecule has 6 rings (SSSR count). The van der Waals surface area contributed by atoms with Crippen LogP contribution in [0, 0.1) is 5.41 Å². The molecule has 264 valence electrons. The Morgan fingerprint density at radius 2 is 1.55 bits per heavy atom. The number of hydrogen-bond donors (Lipinski definition) is 0. The van der Waals surface area contributed by atoms with Crippen molar-refractivity contribution in [1.29, 1.82) is 0 Å². The minimum Gasteiger partial charge on any atom is -0.460 e. The third-order valence-electron chi connectivity index (χ3n) is 8.48. The van der Waals surface area contributed by atoms with E-state index in [0.29, 0.717) is 22.0 Å². The molecule has 3 aromatic carbocycles. The van der Waals surface area contributed by atoms with Crippen molar-refractivity contribution in [3.8, 4) is 5.88 Å². The number of Topliss-reactive ketones (excluding diaryl/α,β-unsaturated/α-hetero) is 1. The van der Waals surface area contributed by atoms with Gasteiger partial charge in [0, 0.05) is 30.9 Å². The molecule has 1 amide bonds. The van der Waals surface area contributed by atoms with Gasteiger partial charge in [-0.1, -0.05) is 117 Å². The second-order valence-electron chi connectivity index (χ2n) is 13.2. The number of esters is 1. The average molecular weight is 727 g/mol. The molecule has 0 N–H and O–H groups in total. The summed E-state index contributed by atoms with van der Waals surface area (Å²) in [6.45, 7) is 7.08. The van der Waals surface area contributed by atoms with Crippen molar-refractivity contribution in [2.45, 2.75) is 61.6 Å². The molecule has 1 aromatic heterocycles. The minimum atomic E-state index is -0.775. The molecule has 2 aliphatic rings. The number of benzene rings is 3. The van der Waals surface area contributed by atoms with E-state index in [1.807, 2.05) is 60.7 Å². The van der Waals surface area contributed by atoms with Crippen molar-refractivity contribution < 1.29 is 28.6 Å². The van der Waals surface area contributed by atoms with Crippen molar-refractivity contribution in [3.05, 3.63) is 129 Å². The van der Waals surface area contributed by atoms with Crippen LogP contribution in [0.15, 0.2) is 106 Å². The maximum Gasteiger partial charge on any atom is 0.339 e. The molecule has 1 unspecified atom stereocenters. The van der Waals surface area contributed by atoms with Gasteiger partial charge in [0.15, 0.2) is 28.6 Å². The summed E-state index contributed by atoms with van der Waals surface area (Å²) in [6.07, 6.45) is -1.26. The number of rotatable bonds is 11. The highest BCUT2D eigenvalue weighted by Gasteiger charge is 2.56. The highest BCUT2D eigenvalue weighted by atomic mass is 32.2. The predicted octanol–water partition coefficient (Wildman–Crippen LogP) is 5.94. The van der Waals surface area contributed by atoms with Gasteiger partial charge in [-0.15, -0.1) is 5.10 Å². The summed E-state index contributed by atoms with van der Waals surface area (Å²) >= 11 is 2.59. The molecule has 0 radical (unpaired) electrons. The maximum absolute atomic E-state index is 13.4. The first kappa shape index (κ1) is 36.1. The van der Waals surface area contributed by atoms with Gasteiger partial charge < -0.3 is 14.2 Å². The van der Waals surface area contributed by atoms with Gasteiger partial charge in [0.1, 0.15) is 5.37 Å². The number of β-lactam (4-membered cyclic amide) rings is 1. The molecule has 13 heteroatoms. The van der Waals surface area contributed by atoms with Crippen molar-refractivity contribution >= 4 is 41.2 Å². The number of allylic oxidation sites excluding steroid dienone is 1. The van der Waals surface area contributed by atoms with Crippen LogP contribution in [-0.4, -0.2) is 61.3 Å². The molecule has 1 fully saturated rings. The Labute approximate surface area is 304 Å². The van der Waals surface area contributed by atoms with E-state index >= 15 is 0 Å². The van der Waals surface area contributed by atoms with Gasteiger partial charge in [-0.05, 0) is 35.7 Å². The minimum absolute atomic E-state index is 0.104. The third-order valence-corrected chi connectivity index (χ3v) is 11.0. The van der Waals surface area contributed by atoms with E-state index in [2.05, 4.69) is 10.1 Å². The van der Waals surface area contributed by atoms with E-state index in [-0.39, 0.29) is 23.3 Å². The Bertz CT molecular complexity index is 1990. The smallest absolute Gasteiger partial charge is 0.339 e. The highest BCUT2D eigenvalue weighted by Crippen LogP contribution is 2.47. The van der Waals surface area contributed by atoms with Gasteiger partial charge >= 0.3 is 17.4 Å². The van der Waals surface area contributed by atoms with Gasteiger partial charge in [0.2, 0.25) is 0 Å². The van der Waals surface area contributed by atoms with Crippen LogP contribution in [0.5, 0.6) is 5.88 Å². The molecular weight excluding hydrogens is 689 g/mol. The first-order valence-electron chi connectivity index (χ1n) is 16.3. The normalized spacial score (nSPS) is 18.7. The summed E-state index contributed by atoms with van der Waals surface area (Å²) < 4.78 is 19.0. The van der Waals surface area contributed by atoms with Crippen LogP contribution in [0.4, 0.5) is 0 Å². The van der Waals surface area contributed by atoms with E-state index in [1.165, 1.54) is 40.2 Å². The van der Waals surface area contributed by atoms with Gasteiger partial charge in [-0.3, -0.25) is 19.3 Å². The van der Waals surface area contributed by atoms with Gasteiger partial charge in [-0.25, -0.2) is 9.48 Å². The Balaban J connectivity index is 1.12. The second-order valence-corrected chi connectivity index (χ2v) is 15.3. The lowest BCUT2D eigenvalue weighted by atomic mass is 9.85. The fourth-order valence-electron chi connectivity index (χ4n) is 5.69. The summed E-state index contributed by atoms with van der Waals surface area (Å²) in [4.78, 5) is 58.3. The quantitative estimate of drug-likeness (QED) is 0.103. The molecular formula is C38H38N4O7S2. The molecule has 3 atom stereocenters. The molecule has 0 saturated carbocycles. The lowest BCUT2D eigenvalue weighted by Gasteiger charge is -2.51. The van der Waals surface area contributed by atoms with Gasteiger partial charge in [0.05, 0.1) is 11.3 Å².